The lowest BCUT2D eigenvalue weighted by Crippen LogP contribution is -2.51. The van der Waals surface area contributed by atoms with Crippen molar-refractivity contribution in [1.82, 2.24) is 15.1 Å². The highest BCUT2D eigenvalue weighted by Crippen LogP contribution is 2.32. The van der Waals surface area contributed by atoms with Gasteiger partial charge >= 0.3 is 0 Å². The Labute approximate surface area is 154 Å². The lowest BCUT2D eigenvalue weighted by atomic mass is 10.2. The van der Waals surface area contributed by atoms with Gasteiger partial charge in [0.1, 0.15) is 6.61 Å². The first-order chi connectivity index (χ1) is 10.7. The van der Waals surface area contributed by atoms with Crippen LogP contribution >= 0.6 is 35.6 Å². The van der Waals surface area contributed by atoms with Crippen molar-refractivity contribution in [3.8, 4) is 5.75 Å². The summed E-state index contributed by atoms with van der Waals surface area (Å²) < 4.78 is 5.77. The number of nitrogens with zero attached hydrogens (tertiary/aromatic N) is 2. The standard InChI is InChI=1S/C16H23Cl2N3O.ClH/c17-14-2-1-3-15(18)16(14)22-11-10-20-6-8-21(9-7-20)13-4-5-19-12-13;/h1-3,13,19H,4-12H2;1H. The zero-order valence-electron chi connectivity index (χ0n) is 13.1. The molecular weight excluding hydrogens is 357 g/mol. The van der Waals surface area contributed by atoms with Crippen molar-refractivity contribution in [3.63, 3.8) is 0 Å². The van der Waals surface area contributed by atoms with Gasteiger partial charge in [0.2, 0.25) is 0 Å². The maximum atomic E-state index is 6.11. The van der Waals surface area contributed by atoms with E-state index in [4.69, 9.17) is 27.9 Å². The Hall–Kier alpha value is -0.230. The van der Waals surface area contributed by atoms with Crippen LogP contribution in [0.2, 0.25) is 10.0 Å². The summed E-state index contributed by atoms with van der Waals surface area (Å²) in [6.45, 7) is 8.36. The van der Waals surface area contributed by atoms with E-state index in [0.29, 0.717) is 22.4 Å². The molecule has 0 bridgehead atoms. The number of halogens is 3. The molecule has 0 aliphatic carbocycles. The molecule has 0 saturated carbocycles. The van der Waals surface area contributed by atoms with Gasteiger partial charge in [0, 0.05) is 45.3 Å². The number of hydrogen-bond acceptors (Lipinski definition) is 4. The highest BCUT2D eigenvalue weighted by atomic mass is 35.5. The SMILES string of the molecule is Cl.Clc1cccc(Cl)c1OCCN1CCN(C2CCNC2)CC1. The van der Waals surface area contributed by atoms with E-state index in [1.54, 1.807) is 12.1 Å². The Morgan fingerprint density at radius 3 is 2.43 bits per heavy atom. The van der Waals surface area contributed by atoms with E-state index in [9.17, 15) is 0 Å². The third-order valence-electron chi connectivity index (χ3n) is 4.53. The van der Waals surface area contributed by atoms with Crippen molar-refractivity contribution in [1.29, 1.82) is 0 Å². The van der Waals surface area contributed by atoms with Gasteiger partial charge in [-0.15, -0.1) is 12.4 Å². The molecule has 1 N–H and O–H groups in total. The maximum absolute atomic E-state index is 6.11. The summed E-state index contributed by atoms with van der Waals surface area (Å²) in [7, 11) is 0. The zero-order chi connectivity index (χ0) is 15.4. The quantitative estimate of drug-likeness (QED) is 0.850. The number of para-hydroxylation sites is 1. The number of rotatable bonds is 5. The number of piperazine rings is 1. The van der Waals surface area contributed by atoms with Gasteiger partial charge in [-0.3, -0.25) is 9.80 Å². The lowest BCUT2D eigenvalue weighted by molar-refractivity contribution is 0.0921. The Balaban J connectivity index is 0.00000192. The van der Waals surface area contributed by atoms with E-state index in [0.717, 1.165) is 51.9 Å². The molecule has 0 aromatic heterocycles. The minimum Gasteiger partial charge on any atom is -0.489 e. The van der Waals surface area contributed by atoms with Crippen molar-refractivity contribution in [2.24, 2.45) is 0 Å². The normalized spacial score (nSPS) is 22.8. The monoisotopic (exact) mass is 379 g/mol. The molecule has 0 amide bonds. The van der Waals surface area contributed by atoms with E-state index in [1.807, 2.05) is 6.07 Å². The van der Waals surface area contributed by atoms with Gasteiger partial charge in [-0.1, -0.05) is 29.3 Å². The largest absolute Gasteiger partial charge is 0.489 e. The molecule has 3 rings (SSSR count). The Kier molecular flexibility index (Phi) is 7.73. The van der Waals surface area contributed by atoms with Crippen LogP contribution in [0.15, 0.2) is 18.2 Å². The van der Waals surface area contributed by atoms with E-state index in [1.165, 1.54) is 6.42 Å². The van der Waals surface area contributed by atoms with E-state index < -0.39 is 0 Å². The number of hydrogen-bond donors (Lipinski definition) is 1. The van der Waals surface area contributed by atoms with Crippen LogP contribution in [0.5, 0.6) is 5.75 Å². The predicted molar refractivity (Wildman–Crippen MR) is 98.5 cm³/mol. The predicted octanol–water partition coefficient (Wildman–Crippen LogP) is 2.77. The molecule has 7 heteroatoms. The molecule has 130 valence electrons. The van der Waals surface area contributed by atoms with Crippen LogP contribution in [0.25, 0.3) is 0 Å². The van der Waals surface area contributed by atoms with Gasteiger partial charge in [0.25, 0.3) is 0 Å². The fourth-order valence-electron chi connectivity index (χ4n) is 3.20. The highest BCUT2D eigenvalue weighted by molar-refractivity contribution is 6.37. The second-order valence-electron chi connectivity index (χ2n) is 5.92. The third kappa shape index (κ3) is 5.12. The molecule has 4 nitrogen and oxygen atoms in total. The van der Waals surface area contributed by atoms with Crippen LogP contribution in [0.1, 0.15) is 6.42 Å². The Morgan fingerprint density at radius 1 is 1.13 bits per heavy atom. The third-order valence-corrected chi connectivity index (χ3v) is 5.13. The molecule has 1 atom stereocenters. The van der Waals surface area contributed by atoms with Gasteiger partial charge in [0.15, 0.2) is 5.75 Å². The molecule has 0 spiro atoms. The smallest absolute Gasteiger partial charge is 0.156 e. The molecule has 2 saturated heterocycles. The molecule has 2 fully saturated rings. The second kappa shape index (κ2) is 9.30. The summed E-state index contributed by atoms with van der Waals surface area (Å²) in [5.74, 6) is 0.599. The molecule has 1 aromatic rings. The topological polar surface area (TPSA) is 27.7 Å². The molecule has 23 heavy (non-hydrogen) atoms. The molecule has 1 unspecified atom stereocenters. The molecule has 1 aromatic carbocycles. The lowest BCUT2D eigenvalue weighted by Gasteiger charge is -2.37. The highest BCUT2D eigenvalue weighted by Gasteiger charge is 2.25. The first-order valence-corrected chi connectivity index (χ1v) is 8.73. The van der Waals surface area contributed by atoms with Gasteiger partial charge < -0.3 is 10.1 Å². The average molecular weight is 381 g/mol. The summed E-state index contributed by atoms with van der Waals surface area (Å²) in [5, 5.41) is 4.59. The van der Waals surface area contributed by atoms with Crippen molar-refractivity contribution in [2.75, 3.05) is 52.4 Å². The van der Waals surface area contributed by atoms with Crippen LogP contribution < -0.4 is 10.1 Å². The fraction of sp³-hybridized carbons (Fsp3) is 0.625. The molecular formula is C16H24Cl3N3O. The summed E-state index contributed by atoms with van der Waals surface area (Å²) in [5.41, 5.74) is 0. The first-order valence-electron chi connectivity index (χ1n) is 7.98. The van der Waals surface area contributed by atoms with Crippen LogP contribution in [0.4, 0.5) is 0 Å². The average Bonchev–Trinajstić information content (AvgIpc) is 3.05. The van der Waals surface area contributed by atoms with E-state index in [2.05, 4.69) is 15.1 Å². The maximum Gasteiger partial charge on any atom is 0.156 e. The molecule has 2 aliphatic rings. The number of benzene rings is 1. The van der Waals surface area contributed by atoms with Gasteiger partial charge in [-0.05, 0) is 25.1 Å². The molecule has 2 heterocycles. The van der Waals surface area contributed by atoms with Crippen LogP contribution in [0.3, 0.4) is 0 Å². The Morgan fingerprint density at radius 2 is 1.83 bits per heavy atom. The van der Waals surface area contributed by atoms with E-state index >= 15 is 0 Å². The summed E-state index contributed by atoms with van der Waals surface area (Å²) in [6.07, 6.45) is 1.29. The summed E-state index contributed by atoms with van der Waals surface area (Å²) in [6, 6.07) is 6.17. The first kappa shape index (κ1) is 19.1. The van der Waals surface area contributed by atoms with Gasteiger partial charge in [0.05, 0.1) is 10.0 Å². The zero-order valence-corrected chi connectivity index (χ0v) is 15.5. The van der Waals surface area contributed by atoms with Gasteiger partial charge in [-0.25, -0.2) is 0 Å². The summed E-state index contributed by atoms with van der Waals surface area (Å²) >= 11 is 12.2. The fourth-order valence-corrected chi connectivity index (χ4v) is 3.71. The second-order valence-corrected chi connectivity index (χ2v) is 6.74. The van der Waals surface area contributed by atoms with Crippen molar-refractivity contribution >= 4 is 35.6 Å². The van der Waals surface area contributed by atoms with Crippen LogP contribution in [-0.4, -0.2) is 68.3 Å². The number of nitrogens with one attached hydrogen (secondary N) is 1. The van der Waals surface area contributed by atoms with Crippen molar-refractivity contribution in [2.45, 2.75) is 12.5 Å². The summed E-state index contributed by atoms with van der Waals surface area (Å²) in [4.78, 5) is 5.06. The van der Waals surface area contributed by atoms with Crippen molar-refractivity contribution < 1.29 is 4.74 Å². The number of ether oxygens (including phenoxy) is 1. The van der Waals surface area contributed by atoms with E-state index in [-0.39, 0.29) is 12.4 Å². The van der Waals surface area contributed by atoms with Crippen molar-refractivity contribution in [3.05, 3.63) is 28.2 Å². The Bertz CT molecular complexity index is 469. The van der Waals surface area contributed by atoms with Crippen LogP contribution in [0, 0.1) is 0 Å². The minimum absolute atomic E-state index is 0. The minimum atomic E-state index is 0. The molecule has 2 aliphatic heterocycles. The van der Waals surface area contributed by atoms with Crippen LogP contribution in [-0.2, 0) is 0 Å². The van der Waals surface area contributed by atoms with Gasteiger partial charge in [-0.2, -0.15) is 0 Å². The molecule has 0 radical (unpaired) electrons.